The molecule has 8 nitrogen and oxygen atoms in total. The number of carbonyl (C=O) groups excluding carboxylic acids is 1. The molecule has 1 saturated heterocycles. The minimum Gasteiger partial charge on any atom is -0.335 e. The van der Waals surface area contributed by atoms with E-state index in [4.69, 9.17) is 4.98 Å². The molecule has 6 rings (SSSR count). The summed E-state index contributed by atoms with van der Waals surface area (Å²) < 4.78 is 0. The second kappa shape index (κ2) is 8.22. The van der Waals surface area contributed by atoms with Crippen LogP contribution < -0.4 is 10.2 Å². The summed E-state index contributed by atoms with van der Waals surface area (Å²) in [6.45, 7) is 3.91. The zero-order valence-corrected chi connectivity index (χ0v) is 18.1. The van der Waals surface area contributed by atoms with Crippen LogP contribution in [0.3, 0.4) is 0 Å². The number of carbonyl (C=O) groups is 1. The zero-order valence-electron chi connectivity index (χ0n) is 18.1. The molecule has 2 aliphatic rings. The van der Waals surface area contributed by atoms with Gasteiger partial charge in [-0.05, 0) is 42.3 Å². The topological polar surface area (TPSA) is 87.1 Å². The maximum Gasteiger partial charge on any atom is 0.272 e. The van der Waals surface area contributed by atoms with Gasteiger partial charge in [0.15, 0.2) is 5.82 Å². The molecule has 33 heavy (non-hydrogen) atoms. The monoisotopic (exact) mass is 437 g/mol. The van der Waals surface area contributed by atoms with E-state index in [1.165, 1.54) is 11.3 Å². The van der Waals surface area contributed by atoms with E-state index in [9.17, 15) is 4.79 Å². The van der Waals surface area contributed by atoms with E-state index < -0.39 is 0 Å². The number of fused-ring (bicyclic) bond motifs is 2. The average Bonchev–Trinajstić information content (AvgIpc) is 3.32. The molecule has 1 fully saturated rings. The number of nitrogens with one attached hydrogen (secondary N) is 1. The van der Waals surface area contributed by atoms with Crippen molar-refractivity contribution in [1.29, 1.82) is 0 Å². The van der Waals surface area contributed by atoms with Crippen LogP contribution in [0, 0.1) is 0 Å². The molecule has 0 spiro atoms. The van der Waals surface area contributed by atoms with Crippen molar-refractivity contribution in [3.63, 3.8) is 0 Å². The van der Waals surface area contributed by atoms with Gasteiger partial charge in [0.05, 0.1) is 11.2 Å². The first-order valence-electron chi connectivity index (χ1n) is 11.2. The second-order valence-corrected chi connectivity index (χ2v) is 8.27. The number of benzene rings is 1. The minimum atomic E-state index is -0.0297. The highest BCUT2D eigenvalue weighted by atomic mass is 16.2. The van der Waals surface area contributed by atoms with E-state index in [1.807, 2.05) is 29.2 Å². The number of hydrogen-bond acceptors (Lipinski definition) is 7. The summed E-state index contributed by atoms with van der Waals surface area (Å²) >= 11 is 0. The lowest BCUT2D eigenvalue weighted by atomic mass is 10.1. The first-order valence-corrected chi connectivity index (χ1v) is 11.2. The molecule has 4 aromatic rings. The molecular weight excluding hydrogens is 414 g/mol. The summed E-state index contributed by atoms with van der Waals surface area (Å²) in [5.41, 5.74) is 6.13. The molecule has 5 heterocycles. The highest BCUT2D eigenvalue weighted by Crippen LogP contribution is 2.36. The predicted molar refractivity (Wildman–Crippen MR) is 126 cm³/mol. The zero-order chi connectivity index (χ0) is 22.2. The van der Waals surface area contributed by atoms with E-state index in [0.717, 1.165) is 54.2 Å². The van der Waals surface area contributed by atoms with Crippen LogP contribution in [0.25, 0.3) is 22.3 Å². The number of amides is 1. The molecule has 0 atom stereocenters. The Morgan fingerprint density at radius 2 is 1.79 bits per heavy atom. The summed E-state index contributed by atoms with van der Waals surface area (Å²) in [5, 5.41) is 3.26. The van der Waals surface area contributed by atoms with Gasteiger partial charge in [0.2, 0.25) is 0 Å². The Morgan fingerprint density at radius 1 is 0.909 bits per heavy atom. The van der Waals surface area contributed by atoms with Crippen molar-refractivity contribution in [3.05, 3.63) is 72.3 Å². The van der Waals surface area contributed by atoms with E-state index >= 15 is 0 Å². The first-order chi connectivity index (χ1) is 16.3. The van der Waals surface area contributed by atoms with Crippen molar-refractivity contribution in [2.75, 3.05) is 37.6 Å². The van der Waals surface area contributed by atoms with Gasteiger partial charge in [-0.2, -0.15) is 0 Å². The second-order valence-electron chi connectivity index (χ2n) is 8.27. The Balaban J connectivity index is 1.34. The molecule has 0 saturated carbocycles. The number of hydrogen-bond donors (Lipinski definition) is 1. The summed E-state index contributed by atoms with van der Waals surface area (Å²) in [5.74, 6) is 0.781. The molecule has 0 aliphatic carbocycles. The van der Waals surface area contributed by atoms with Crippen LogP contribution in [-0.4, -0.2) is 63.5 Å². The number of rotatable bonds is 3. The minimum absolute atomic E-state index is 0.0297. The SMILES string of the molecule is O=C(c1ccc(-c2ccc3ncnc(N4CCc5ccccc54)c3n2)cn1)N1CCNCC1. The van der Waals surface area contributed by atoms with Gasteiger partial charge in [-0.3, -0.25) is 9.78 Å². The molecule has 8 heteroatoms. The molecule has 2 aliphatic heterocycles. The number of anilines is 2. The van der Waals surface area contributed by atoms with Gasteiger partial charge in [-0.25, -0.2) is 15.0 Å². The molecule has 0 radical (unpaired) electrons. The normalized spacial score (nSPS) is 15.6. The molecule has 1 amide bonds. The van der Waals surface area contributed by atoms with Gasteiger partial charge in [0.1, 0.15) is 17.5 Å². The summed E-state index contributed by atoms with van der Waals surface area (Å²) in [6, 6.07) is 16.0. The van der Waals surface area contributed by atoms with Crippen molar-refractivity contribution < 1.29 is 4.79 Å². The molecule has 3 aromatic heterocycles. The van der Waals surface area contributed by atoms with Gasteiger partial charge in [-0.1, -0.05) is 18.2 Å². The van der Waals surface area contributed by atoms with Crippen LogP contribution in [0.4, 0.5) is 11.5 Å². The molecular formula is C25H23N7O. The number of pyridine rings is 2. The van der Waals surface area contributed by atoms with Crippen LogP contribution in [0.1, 0.15) is 16.1 Å². The van der Waals surface area contributed by atoms with Crippen LogP contribution in [0.5, 0.6) is 0 Å². The van der Waals surface area contributed by atoms with Crippen molar-refractivity contribution in [3.8, 4) is 11.3 Å². The Morgan fingerprint density at radius 3 is 2.64 bits per heavy atom. The van der Waals surface area contributed by atoms with Gasteiger partial charge in [-0.15, -0.1) is 0 Å². The third-order valence-electron chi connectivity index (χ3n) is 6.29. The molecule has 164 valence electrons. The largest absolute Gasteiger partial charge is 0.335 e. The summed E-state index contributed by atoms with van der Waals surface area (Å²) in [6.07, 6.45) is 4.30. The molecule has 1 aromatic carbocycles. The Hall–Kier alpha value is -3.91. The van der Waals surface area contributed by atoms with Crippen LogP contribution in [0.15, 0.2) is 61.1 Å². The van der Waals surface area contributed by atoms with Crippen molar-refractivity contribution in [2.45, 2.75) is 6.42 Å². The fraction of sp³-hybridized carbons (Fsp3) is 0.240. The van der Waals surface area contributed by atoms with Crippen molar-refractivity contribution >= 4 is 28.4 Å². The van der Waals surface area contributed by atoms with Gasteiger partial charge in [0, 0.05) is 50.2 Å². The van der Waals surface area contributed by atoms with E-state index in [0.29, 0.717) is 18.8 Å². The quantitative estimate of drug-likeness (QED) is 0.527. The van der Waals surface area contributed by atoms with Crippen molar-refractivity contribution in [2.24, 2.45) is 0 Å². The standard InChI is InChI=1S/C25H23N7O/c33-25(31-13-10-26-11-14-31)21-6-5-18(15-27-21)19-7-8-20-23(30-19)24(29-16-28-20)32-12-9-17-3-1-2-4-22(17)32/h1-8,15-16,26H,9-14H2. The lowest BCUT2D eigenvalue weighted by Gasteiger charge is -2.27. The van der Waals surface area contributed by atoms with Crippen LogP contribution in [0.2, 0.25) is 0 Å². The Bertz CT molecular complexity index is 1330. The average molecular weight is 438 g/mol. The Labute approximate surface area is 191 Å². The maximum atomic E-state index is 12.7. The third-order valence-corrected chi connectivity index (χ3v) is 6.29. The third kappa shape index (κ3) is 3.58. The fourth-order valence-electron chi connectivity index (χ4n) is 4.55. The van der Waals surface area contributed by atoms with Crippen LogP contribution in [-0.2, 0) is 6.42 Å². The van der Waals surface area contributed by atoms with Gasteiger partial charge in [0.25, 0.3) is 5.91 Å². The molecule has 0 unspecified atom stereocenters. The predicted octanol–water partition coefficient (Wildman–Crippen LogP) is 2.83. The van der Waals surface area contributed by atoms with E-state index in [2.05, 4.69) is 43.4 Å². The maximum absolute atomic E-state index is 12.7. The number of para-hydroxylation sites is 1. The molecule has 0 bridgehead atoms. The number of piperazine rings is 1. The van der Waals surface area contributed by atoms with Gasteiger partial charge < -0.3 is 15.1 Å². The molecule has 1 N–H and O–H groups in total. The Kier molecular flexibility index (Phi) is 4.92. The number of nitrogens with zero attached hydrogens (tertiary/aromatic N) is 6. The lowest BCUT2D eigenvalue weighted by Crippen LogP contribution is -2.46. The van der Waals surface area contributed by atoms with E-state index in [1.54, 1.807) is 18.6 Å². The fourth-order valence-corrected chi connectivity index (χ4v) is 4.55. The summed E-state index contributed by atoms with van der Waals surface area (Å²) in [4.78, 5) is 35.1. The summed E-state index contributed by atoms with van der Waals surface area (Å²) in [7, 11) is 0. The van der Waals surface area contributed by atoms with E-state index in [-0.39, 0.29) is 5.91 Å². The van der Waals surface area contributed by atoms with Crippen LogP contribution >= 0.6 is 0 Å². The lowest BCUT2D eigenvalue weighted by molar-refractivity contribution is 0.0730. The first kappa shape index (κ1) is 19.8. The number of aromatic nitrogens is 4. The van der Waals surface area contributed by atoms with Crippen molar-refractivity contribution in [1.82, 2.24) is 30.2 Å². The smallest absolute Gasteiger partial charge is 0.272 e. The highest BCUT2D eigenvalue weighted by Gasteiger charge is 2.24. The van der Waals surface area contributed by atoms with Gasteiger partial charge >= 0.3 is 0 Å². The highest BCUT2D eigenvalue weighted by molar-refractivity contribution is 5.93.